The minimum absolute atomic E-state index is 0. The Hall–Kier alpha value is -1.93. The number of phenolic OH excluding ortho intramolecular Hbond substituents is 3. The van der Waals surface area contributed by atoms with Crippen molar-refractivity contribution in [3.05, 3.63) is 17.7 Å². The molecule has 1 rings (SSSR count). The summed E-state index contributed by atoms with van der Waals surface area (Å²) < 4.78 is 0. The summed E-state index contributed by atoms with van der Waals surface area (Å²) >= 11 is 0. The highest BCUT2D eigenvalue weighted by atomic mass is 16.3. The summed E-state index contributed by atoms with van der Waals surface area (Å²) in [5.41, 5.74) is -0.0692. The lowest BCUT2D eigenvalue weighted by atomic mass is 10.2. The predicted molar refractivity (Wildman–Crippen MR) is 39.8 cm³/mol. The SMILES string of the molecule is N#Cc1ccc(O)c(O)c1O.O. The van der Waals surface area contributed by atoms with Crippen molar-refractivity contribution in [3.8, 4) is 23.3 Å². The van der Waals surface area contributed by atoms with Gasteiger partial charge in [-0.3, -0.25) is 0 Å². The van der Waals surface area contributed by atoms with Crippen LogP contribution in [0.15, 0.2) is 12.1 Å². The summed E-state index contributed by atoms with van der Waals surface area (Å²) in [6, 6.07) is 3.99. The molecule has 5 heteroatoms. The fourth-order valence-corrected chi connectivity index (χ4v) is 0.659. The smallest absolute Gasteiger partial charge is 0.201 e. The molecule has 0 aliphatic heterocycles. The number of phenols is 3. The number of hydrogen-bond acceptors (Lipinski definition) is 4. The summed E-state index contributed by atoms with van der Waals surface area (Å²) in [6.07, 6.45) is 0. The average molecular weight is 169 g/mol. The quantitative estimate of drug-likeness (QED) is 0.468. The van der Waals surface area contributed by atoms with Gasteiger partial charge in [0.05, 0.1) is 5.56 Å². The first-order chi connectivity index (χ1) is 5.16. The highest BCUT2D eigenvalue weighted by Crippen LogP contribution is 2.36. The summed E-state index contributed by atoms with van der Waals surface area (Å²) in [5.74, 6) is -1.70. The number of hydrogen-bond donors (Lipinski definition) is 3. The van der Waals surface area contributed by atoms with Crippen molar-refractivity contribution < 1.29 is 20.8 Å². The summed E-state index contributed by atoms with van der Waals surface area (Å²) in [7, 11) is 0. The Kier molecular flexibility index (Phi) is 2.90. The molecular weight excluding hydrogens is 162 g/mol. The molecule has 0 bridgehead atoms. The number of aromatic hydroxyl groups is 3. The van der Waals surface area contributed by atoms with Crippen LogP contribution in [-0.2, 0) is 0 Å². The Morgan fingerprint density at radius 2 is 1.67 bits per heavy atom. The van der Waals surface area contributed by atoms with Gasteiger partial charge >= 0.3 is 0 Å². The molecule has 0 saturated carbocycles. The molecule has 0 aromatic heterocycles. The Morgan fingerprint density at radius 1 is 1.08 bits per heavy atom. The first-order valence-electron chi connectivity index (χ1n) is 2.81. The van der Waals surface area contributed by atoms with Crippen LogP contribution in [0, 0.1) is 11.3 Å². The van der Waals surface area contributed by atoms with Gasteiger partial charge in [0.25, 0.3) is 0 Å². The third-order valence-electron chi connectivity index (χ3n) is 1.25. The van der Waals surface area contributed by atoms with E-state index in [-0.39, 0.29) is 11.0 Å². The molecule has 0 aliphatic carbocycles. The van der Waals surface area contributed by atoms with Gasteiger partial charge in [-0.1, -0.05) is 0 Å². The zero-order valence-corrected chi connectivity index (χ0v) is 5.94. The van der Waals surface area contributed by atoms with Crippen molar-refractivity contribution >= 4 is 0 Å². The van der Waals surface area contributed by atoms with Gasteiger partial charge in [-0.15, -0.1) is 0 Å². The standard InChI is InChI=1S/C7H5NO3.H2O/c8-3-4-1-2-5(9)7(11)6(4)10;/h1-2,9-11H;1H2. The molecule has 64 valence electrons. The molecule has 1 aromatic rings. The third kappa shape index (κ3) is 1.38. The van der Waals surface area contributed by atoms with E-state index in [0.717, 1.165) is 6.07 Å². The van der Waals surface area contributed by atoms with E-state index in [1.165, 1.54) is 6.07 Å². The summed E-state index contributed by atoms with van der Waals surface area (Å²) in [5, 5.41) is 34.9. The van der Waals surface area contributed by atoms with Crippen LogP contribution >= 0.6 is 0 Å². The van der Waals surface area contributed by atoms with Gasteiger partial charge in [-0.05, 0) is 12.1 Å². The Morgan fingerprint density at radius 3 is 2.17 bits per heavy atom. The molecular formula is C7H7NO4. The van der Waals surface area contributed by atoms with E-state index in [4.69, 9.17) is 20.6 Å². The van der Waals surface area contributed by atoms with Crippen LogP contribution in [0.2, 0.25) is 0 Å². The lowest BCUT2D eigenvalue weighted by Crippen LogP contribution is -1.77. The van der Waals surface area contributed by atoms with E-state index in [1.807, 2.05) is 0 Å². The number of nitriles is 1. The second-order valence-electron chi connectivity index (χ2n) is 1.94. The van der Waals surface area contributed by atoms with Crippen molar-refractivity contribution in [2.75, 3.05) is 0 Å². The van der Waals surface area contributed by atoms with Crippen molar-refractivity contribution in [1.82, 2.24) is 0 Å². The molecule has 0 aliphatic rings. The van der Waals surface area contributed by atoms with E-state index >= 15 is 0 Å². The zero-order chi connectivity index (χ0) is 8.43. The molecule has 12 heavy (non-hydrogen) atoms. The van der Waals surface area contributed by atoms with Crippen LogP contribution in [0.4, 0.5) is 0 Å². The molecule has 0 saturated heterocycles. The zero-order valence-electron chi connectivity index (χ0n) is 5.94. The maximum atomic E-state index is 8.95. The van der Waals surface area contributed by atoms with Crippen molar-refractivity contribution in [1.29, 1.82) is 5.26 Å². The molecule has 0 radical (unpaired) electrons. The molecule has 5 N–H and O–H groups in total. The van der Waals surface area contributed by atoms with Crippen molar-refractivity contribution in [2.24, 2.45) is 0 Å². The van der Waals surface area contributed by atoms with Crippen LogP contribution in [-0.4, -0.2) is 20.8 Å². The van der Waals surface area contributed by atoms with Gasteiger partial charge in [0, 0.05) is 0 Å². The Balaban J connectivity index is 0.00000121. The minimum atomic E-state index is -0.663. The van der Waals surface area contributed by atoms with E-state index in [1.54, 1.807) is 6.07 Å². The average Bonchev–Trinajstić information content (AvgIpc) is 2.01. The van der Waals surface area contributed by atoms with Gasteiger partial charge in [0.15, 0.2) is 11.5 Å². The molecule has 0 spiro atoms. The van der Waals surface area contributed by atoms with E-state index in [9.17, 15) is 0 Å². The maximum Gasteiger partial charge on any atom is 0.201 e. The van der Waals surface area contributed by atoms with Crippen molar-refractivity contribution in [3.63, 3.8) is 0 Å². The van der Waals surface area contributed by atoms with Crippen LogP contribution in [0.5, 0.6) is 17.2 Å². The molecule has 0 heterocycles. The molecule has 1 aromatic carbocycles. The second-order valence-corrected chi connectivity index (χ2v) is 1.94. The minimum Gasteiger partial charge on any atom is -0.504 e. The van der Waals surface area contributed by atoms with Crippen LogP contribution in [0.3, 0.4) is 0 Å². The van der Waals surface area contributed by atoms with E-state index < -0.39 is 17.2 Å². The molecule has 0 fully saturated rings. The first-order valence-corrected chi connectivity index (χ1v) is 2.81. The first kappa shape index (κ1) is 10.1. The Bertz CT molecular complexity index is 329. The lowest BCUT2D eigenvalue weighted by Gasteiger charge is -2.00. The van der Waals surface area contributed by atoms with Crippen molar-refractivity contribution in [2.45, 2.75) is 0 Å². The Labute approximate surface area is 68.1 Å². The molecule has 5 nitrogen and oxygen atoms in total. The molecule has 0 atom stereocenters. The monoisotopic (exact) mass is 169 g/mol. The van der Waals surface area contributed by atoms with Crippen LogP contribution in [0.25, 0.3) is 0 Å². The summed E-state index contributed by atoms with van der Waals surface area (Å²) in [6.45, 7) is 0. The summed E-state index contributed by atoms with van der Waals surface area (Å²) in [4.78, 5) is 0. The van der Waals surface area contributed by atoms with Gasteiger partial charge in [-0.2, -0.15) is 5.26 Å². The van der Waals surface area contributed by atoms with E-state index in [0.29, 0.717) is 0 Å². The number of nitrogens with zero attached hydrogens (tertiary/aromatic N) is 1. The molecule has 0 unspecified atom stereocenters. The van der Waals surface area contributed by atoms with Gasteiger partial charge in [0.2, 0.25) is 5.75 Å². The van der Waals surface area contributed by atoms with E-state index in [2.05, 4.69) is 0 Å². The third-order valence-corrected chi connectivity index (χ3v) is 1.25. The second kappa shape index (κ2) is 3.46. The van der Waals surface area contributed by atoms with Gasteiger partial charge in [0.1, 0.15) is 6.07 Å². The van der Waals surface area contributed by atoms with Crippen LogP contribution in [0.1, 0.15) is 5.56 Å². The normalized spacial score (nSPS) is 8.25. The van der Waals surface area contributed by atoms with Crippen LogP contribution < -0.4 is 0 Å². The van der Waals surface area contributed by atoms with Gasteiger partial charge < -0.3 is 20.8 Å². The largest absolute Gasteiger partial charge is 0.504 e. The topological polar surface area (TPSA) is 116 Å². The molecule has 0 amide bonds. The maximum absolute atomic E-state index is 8.95. The fourth-order valence-electron chi connectivity index (χ4n) is 0.659. The highest BCUT2D eigenvalue weighted by Gasteiger charge is 2.09. The highest BCUT2D eigenvalue weighted by molar-refractivity contribution is 5.57. The number of benzene rings is 1. The fraction of sp³-hybridized carbons (Fsp3) is 0. The predicted octanol–water partition coefficient (Wildman–Crippen LogP) is -0.150. The lowest BCUT2D eigenvalue weighted by molar-refractivity contribution is 0.367. The number of rotatable bonds is 0. The van der Waals surface area contributed by atoms with Gasteiger partial charge in [-0.25, -0.2) is 0 Å².